The van der Waals surface area contributed by atoms with E-state index in [2.05, 4.69) is 10.3 Å². The molecule has 0 radical (unpaired) electrons. The minimum absolute atomic E-state index is 0.110. The molecule has 1 aromatic heterocycles. The van der Waals surface area contributed by atoms with Crippen LogP contribution in [0.15, 0.2) is 28.7 Å². The minimum Gasteiger partial charge on any atom is -0.497 e. The van der Waals surface area contributed by atoms with E-state index >= 15 is 0 Å². The zero-order chi connectivity index (χ0) is 14.5. The number of hydrogen-bond acceptors (Lipinski definition) is 4. The van der Waals surface area contributed by atoms with Crippen molar-refractivity contribution in [2.45, 2.75) is 20.3 Å². The molecular weight excluding hydrogens is 256 g/mol. The van der Waals surface area contributed by atoms with Crippen LogP contribution in [0.4, 0.5) is 0 Å². The van der Waals surface area contributed by atoms with Crippen LogP contribution in [0.1, 0.15) is 27.7 Å². The molecule has 0 aliphatic heterocycles. The molecule has 0 atom stereocenters. The Hall–Kier alpha value is -2.30. The summed E-state index contributed by atoms with van der Waals surface area (Å²) in [4.78, 5) is 16.1. The SMILES string of the molecule is COc1ccc(C(=O)NCCc2oc(C)nc2C)cc1. The Bertz CT molecular complexity index is 588. The van der Waals surface area contributed by atoms with Gasteiger partial charge in [-0.3, -0.25) is 4.79 Å². The Morgan fingerprint density at radius 3 is 2.55 bits per heavy atom. The number of rotatable bonds is 5. The van der Waals surface area contributed by atoms with Crippen LogP contribution in [-0.2, 0) is 6.42 Å². The Balaban J connectivity index is 1.87. The second kappa shape index (κ2) is 6.23. The van der Waals surface area contributed by atoms with Gasteiger partial charge in [0.05, 0.1) is 12.8 Å². The van der Waals surface area contributed by atoms with Gasteiger partial charge in [0, 0.05) is 25.5 Å². The van der Waals surface area contributed by atoms with E-state index in [1.54, 1.807) is 31.4 Å². The highest BCUT2D eigenvalue weighted by molar-refractivity contribution is 5.94. The third-order valence-corrected chi connectivity index (χ3v) is 2.99. The number of benzene rings is 1. The van der Waals surface area contributed by atoms with Gasteiger partial charge in [0.25, 0.3) is 5.91 Å². The summed E-state index contributed by atoms with van der Waals surface area (Å²) in [7, 11) is 1.59. The average Bonchev–Trinajstić information content (AvgIpc) is 2.77. The predicted molar refractivity (Wildman–Crippen MR) is 75.0 cm³/mol. The fourth-order valence-corrected chi connectivity index (χ4v) is 1.94. The number of ether oxygens (including phenoxy) is 1. The van der Waals surface area contributed by atoms with Crippen LogP contribution >= 0.6 is 0 Å². The number of nitrogens with one attached hydrogen (secondary N) is 1. The van der Waals surface area contributed by atoms with E-state index in [4.69, 9.17) is 9.15 Å². The number of amides is 1. The molecule has 0 unspecified atom stereocenters. The second-order valence-corrected chi connectivity index (χ2v) is 4.48. The molecule has 0 fully saturated rings. The highest BCUT2D eigenvalue weighted by Crippen LogP contribution is 2.12. The zero-order valence-corrected chi connectivity index (χ0v) is 11.9. The molecule has 0 saturated heterocycles. The first kappa shape index (κ1) is 14.1. The number of nitrogens with zero attached hydrogens (tertiary/aromatic N) is 1. The van der Waals surface area contributed by atoms with Crippen LogP contribution in [0.2, 0.25) is 0 Å². The van der Waals surface area contributed by atoms with Gasteiger partial charge in [-0.05, 0) is 31.2 Å². The first-order valence-electron chi connectivity index (χ1n) is 6.45. The van der Waals surface area contributed by atoms with Gasteiger partial charge in [-0.1, -0.05) is 0 Å². The van der Waals surface area contributed by atoms with Crippen LogP contribution in [-0.4, -0.2) is 24.5 Å². The molecule has 1 heterocycles. The Morgan fingerprint density at radius 1 is 1.30 bits per heavy atom. The lowest BCUT2D eigenvalue weighted by molar-refractivity contribution is 0.0953. The Labute approximate surface area is 118 Å². The van der Waals surface area contributed by atoms with E-state index < -0.39 is 0 Å². The van der Waals surface area contributed by atoms with Crippen molar-refractivity contribution in [1.82, 2.24) is 10.3 Å². The maximum Gasteiger partial charge on any atom is 0.251 e. The van der Waals surface area contributed by atoms with Crippen LogP contribution in [0, 0.1) is 13.8 Å². The van der Waals surface area contributed by atoms with E-state index in [9.17, 15) is 4.79 Å². The third kappa shape index (κ3) is 3.38. The Morgan fingerprint density at radius 2 is 2.00 bits per heavy atom. The standard InChI is InChI=1S/C15H18N2O3/c1-10-14(20-11(2)17-10)8-9-16-15(18)12-4-6-13(19-3)7-5-12/h4-7H,8-9H2,1-3H3,(H,16,18). The van der Waals surface area contributed by atoms with E-state index in [0.717, 1.165) is 17.2 Å². The van der Waals surface area contributed by atoms with Crippen LogP contribution in [0.25, 0.3) is 0 Å². The quantitative estimate of drug-likeness (QED) is 0.908. The molecule has 5 heteroatoms. The molecule has 1 aromatic carbocycles. The van der Waals surface area contributed by atoms with Gasteiger partial charge in [0.2, 0.25) is 0 Å². The first-order chi connectivity index (χ1) is 9.60. The molecule has 1 N–H and O–H groups in total. The second-order valence-electron chi connectivity index (χ2n) is 4.48. The lowest BCUT2D eigenvalue weighted by atomic mass is 10.2. The van der Waals surface area contributed by atoms with Crippen molar-refractivity contribution < 1.29 is 13.9 Å². The third-order valence-electron chi connectivity index (χ3n) is 2.99. The summed E-state index contributed by atoms with van der Waals surface area (Å²) in [6, 6.07) is 6.99. The molecule has 5 nitrogen and oxygen atoms in total. The number of carbonyl (C=O) groups excluding carboxylic acids is 1. The van der Waals surface area contributed by atoms with Crippen molar-refractivity contribution >= 4 is 5.91 Å². The van der Waals surface area contributed by atoms with Crippen LogP contribution in [0.3, 0.4) is 0 Å². The highest BCUT2D eigenvalue weighted by Gasteiger charge is 2.08. The molecule has 2 aromatic rings. The van der Waals surface area contributed by atoms with Crippen LogP contribution < -0.4 is 10.1 Å². The predicted octanol–water partition coefficient (Wildman–Crippen LogP) is 2.27. The topological polar surface area (TPSA) is 64.4 Å². The lowest BCUT2D eigenvalue weighted by Crippen LogP contribution is -2.25. The van der Waals surface area contributed by atoms with Gasteiger partial charge in [-0.25, -0.2) is 4.98 Å². The molecular formula is C15H18N2O3. The molecule has 1 amide bonds. The largest absolute Gasteiger partial charge is 0.497 e. The number of carbonyl (C=O) groups is 1. The molecule has 0 spiro atoms. The van der Waals surface area contributed by atoms with E-state index in [-0.39, 0.29) is 5.91 Å². The van der Waals surface area contributed by atoms with Crippen molar-refractivity contribution in [3.05, 3.63) is 47.2 Å². The van der Waals surface area contributed by atoms with E-state index in [1.165, 1.54) is 0 Å². The van der Waals surface area contributed by atoms with Gasteiger partial charge >= 0.3 is 0 Å². The molecule has 0 saturated carbocycles. The lowest BCUT2D eigenvalue weighted by Gasteiger charge is -2.05. The Kier molecular flexibility index (Phi) is 4.40. The smallest absolute Gasteiger partial charge is 0.251 e. The van der Waals surface area contributed by atoms with E-state index in [0.29, 0.717) is 24.4 Å². The summed E-state index contributed by atoms with van der Waals surface area (Å²) >= 11 is 0. The molecule has 20 heavy (non-hydrogen) atoms. The van der Waals surface area contributed by atoms with Crippen molar-refractivity contribution in [3.63, 3.8) is 0 Å². The fourth-order valence-electron chi connectivity index (χ4n) is 1.94. The normalized spacial score (nSPS) is 10.3. The van der Waals surface area contributed by atoms with Gasteiger partial charge in [-0.2, -0.15) is 0 Å². The maximum atomic E-state index is 11.9. The minimum atomic E-state index is -0.110. The maximum absolute atomic E-state index is 11.9. The molecule has 0 aliphatic carbocycles. The monoisotopic (exact) mass is 274 g/mol. The zero-order valence-electron chi connectivity index (χ0n) is 11.9. The van der Waals surface area contributed by atoms with Crippen molar-refractivity contribution in [3.8, 4) is 5.75 Å². The summed E-state index contributed by atoms with van der Waals surface area (Å²) in [6.07, 6.45) is 0.634. The number of aryl methyl sites for hydroxylation is 2. The number of aromatic nitrogens is 1. The summed E-state index contributed by atoms with van der Waals surface area (Å²) in [5.41, 5.74) is 1.48. The summed E-state index contributed by atoms with van der Waals surface area (Å²) < 4.78 is 10.5. The summed E-state index contributed by atoms with van der Waals surface area (Å²) in [5, 5.41) is 2.85. The van der Waals surface area contributed by atoms with Crippen molar-refractivity contribution in [1.29, 1.82) is 0 Å². The number of oxazole rings is 1. The highest BCUT2D eigenvalue weighted by atomic mass is 16.5. The van der Waals surface area contributed by atoms with Gasteiger partial charge in [0.1, 0.15) is 11.5 Å². The van der Waals surface area contributed by atoms with Gasteiger partial charge in [0.15, 0.2) is 5.89 Å². The fraction of sp³-hybridized carbons (Fsp3) is 0.333. The summed E-state index contributed by atoms with van der Waals surface area (Å²) in [5.74, 6) is 2.09. The van der Waals surface area contributed by atoms with Crippen LogP contribution in [0.5, 0.6) is 5.75 Å². The number of hydrogen-bond donors (Lipinski definition) is 1. The van der Waals surface area contributed by atoms with Gasteiger partial charge < -0.3 is 14.5 Å². The summed E-state index contributed by atoms with van der Waals surface area (Å²) in [6.45, 7) is 4.23. The average molecular weight is 274 g/mol. The molecule has 0 aliphatic rings. The van der Waals surface area contributed by atoms with E-state index in [1.807, 2.05) is 13.8 Å². The first-order valence-corrected chi connectivity index (χ1v) is 6.45. The molecule has 0 bridgehead atoms. The van der Waals surface area contributed by atoms with Gasteiger partial charge in [-0.15, -0.1) is 0 Å². The van der Waals surface area contributed by atoms with Crippen molar-refractivity contribution in [2.75, 3.05) is 13.7 Å². The van der Waals surface area contributed by atoms with Crippen molar-refractivity contribution in [2.24, 2.45) is 0 Å². The molecule has 106 valence electrons. The molecule has 2 rings (SSSR count). The number of methoxy groups -OCH3 is 1.